The largest absolute Gasteiger partial charge is 0.493 e. The van der Waals surface area contributed by atoms with E-state index in [9.17, 15) is 0 Å². The minimum Gasteiger partial charge on any atom is -0.493 e. The van der Waals surface area contributed by atoms with Gasteiger partial charge in [-0.3, -0.25) is 4.99 Å². The van der Waals surface area contributed by atoms with E-state index in [1.54, 1.807) is 20.4 Å². The Balaban J connectivity index is 0.00000341. The second kappa shape index (κ2) is 12.2. The Morgan fingerprint density at radius 1 is 1.13 bits per heavy atom. The molecule has 0 saturated carbocycles. The third-order valence-corrected chi connectivity index (χ3v) is 4.47. The van der Waals surface area contributed by atoms with Gasteiger partial charge < -0.3 is 24.5 Å². The Kier molecular flexibility index (Phi) is 9.64. The lowest BCUT2D eigenvalue weighted by molar-refractivity contribution is 0.311. The monoisotopic (exact) mass is 536 g/mol. The molecule has 8 heteroatoms. The summed E-state index contributed by atoms with van der Waals surface area (Å²) in [6, 6.07) is 13.8. The molecule has 0 atom stereocenters. The van der Waals surface area contributed by atoms with Gasteiger partial charge in [0.25, 0.3) is 0 Å². The Morgan fingerprint density at radius 2 is 1.90 bits per heavy atom. The lowest BCUT2D eigenvalue weighted by Crippen LogP contribution is -2.32. The second-order valence-electron chi connectivity index (χ2n) is 6.68. The van der Waals surface area contributed by atoms with Crippen LogP contribution in [0.5, 0.6) is 11.5 Å². The van der Waals surface area contributed by atoms with E-state index in [1.165, 1.54) is 5.56 Å². The van der Waals surface area contributed by atoms with Crippen LogP contribution in [0.4, 0.5) is 5.69 Å². The number of anilines is 1. The Labute approximate surface area is 200 Å². The number of ether oxygens (including phenoxy) is 2. The summed E-state index contributed by atoms with van der Waals surface area (Å²) in [5.74, 6) is 2.67. The maximum Gasteiger partial charge on any atom is 0.226 e. The zero-order chi connectivity index (χ0) is 21.3. The molecular weight excluding hydrogens is 507 g/mol. The molecule has 0 aliphatic rings. The van der Waals surface area contributed by atoms with E-state index in [0.29, 0.717) is 42.9 Å². The molecular formula is C23H29IN4O3. The number of halogens is 1. The summed E-state index contributed by atoms with van der Waals surface area (Å²) < 4.78 is 16.6. The third kappa shape index (κ3) is 6.88. The van der Waals surface area contributed by atoms with Crippen molar-refractivity contribution in [3.8, 4) is 23.0 Å². The summed E-state index contributed by atoms with van der Waals surface area (Å²) in [6.45, 7) is 5.22. The van der Waals surface area contributed by atoms with Gasteiger partial charge in [0.15, 0.2) is 17.5 Å². The minimum absolute atomic E-state index is 0. The van der Waals surface area contributed by atoms with Crippen LogP contribution < -0.4 is 20.1 Å². The molecule has 0 saturated heterocycles. The molecule has 166 valence electrons. The number of nitrogens with zero attached hydrogens (tertiary/aromatic N) is 2. The number of oxazole rings is 1. The molecule has 31 heavy (non-hydrogen) atoms. The van der Waals surface area contributed by atoms with Crippen molar-refractivity contribution in [2.45, 2.75) is 20.3 Å². The van der Waals surface area contributed by atoms with Crippen molar-refractivity contribution < 1.29 is 13.9 Å². The SMILES string of the molecule is CCOc1cc(NC(=NC)NCCc2coc(-c3ccc(C)cc3)n2)ccc1OC.I. The highest BCUT2D eigenvalue weighted by Gasteiger charge is 2.09. The zero-order valence-electron chi connectivity index (χ0n) is 18.3. The molecule has 3 aromatic rings. The van der Waals surface area contributed by atoms with Crippen molar-refractivity contribution in [2.75, 3.05) is 32.6 Å². The van der Waals surface area contributed by atoms with E-state index in [0.717, 1.165) is 16.9 Å². The predicted molar refractivity (Wildman–Crippen MR) is 135 cm³/mol. The van der Waals surface area contributed by atoms with Crippen molar-refractivity contribution >= 4 is 35.6 Å². The predicted octanol–water partition coefficient (Wildman–Crippen LogP) is 4.91. The van der Waals surface area contributed by atoms with Crippen molar-refractivity contribution in [1.29, 1.82) is 0 Å². The number of benzene rings is 2. The van der Waals surface area contributed by atoms with Gasteiger partial charge in [0.2, 0.25) is 5.89 Å². The molecule has 1 heterocycles. The molecule has 3 rings (SSSR count). The average Bonchev–Trinajstić information content (AvgIpc) is 3.23. The minimum atomic E-state index is 0. The fourth-order valence-corrected chi connectivity index (χ4v) is 2.90. The number of hydrogen-bond acceptors (Lipinski definition) is 5. The molecule has 2 N–H and O–H groups in total. The number of methoxy groups -OCH3 is 1. The average molecular weight is 536 g/mol. The molecule has 0 aliphatic carbocycles. The standard InChI is InChI=1S/C23H28N4O3.HI/c1-5-29-21-14-18(10-11-20(21)28-4)27-23(24-3)25-13-12-19-15-30-22(26-19)17-8-6-16(2)7-9-17;/h6-11,14-15H,5,12-13H2,1-4H3,(H2,24,25,27);1H. The highest BCUT2D eigenvalue weighted by Crippen LogP contribution is 2.30. The van der Waals surface area contributed by atoms with Crippen molar-refractivity contribution in [3.63, 3.8) is 0 Å². The van der Waals surface area contributed by atoms with Gasteiger partial charge in [-0.25, -0.2) is 4.98 Å². The summed E-state index contributed by atoms with van der Waals surface area (Å²) in [5, 5.41) is 6.55. The quantitative estimate of drug-likeness (QED) is 0.242. The van der Waals surface area contributed by atoms with Crippen LogP contribution in [0.25, 0.3) is 11.5 Å². The van der Waals surface area contributed by atoms with Gasteiger partial charge in [-0.05, 0) is 38.1 Å². The molecule has 0 spiro atoms. The number of aliphatic imine (C=N–C) groups is 1. The maximum atomic E-state index is 5.62. The van der Waals surface area contributed by atoms with Crippen LogP contribution in [0.2, 0.25) is 0 Å². The smallest absolute Gasteiger partial charge is 0.226 e. The summed E-state index contributed by atoms with van der Waals surface area (Å²) in [6.07, 6.45) is 2.41. The summed E-state index contributed by atoms with van der Waals surface area (Å²) in [7, 11) is 3.35. The molecule has 0 bridgehead atoms. The van der Waals surface area contributed by atoms with Crippen LogP contribution in [0.1, 0.15) is 18.2 Å². The first kappa shape index (κ1) is 24.5. The van der Waals surface area contributed by atoms with Gasteiger partial charge in [-0.15, -0.1) is 24.0 Å². The lowest BCUT2D eigenvalue weighted by atomic mass is 10.1. The molecule has 0 radical (unpaired) electrons. The van der Waals surface area contributed by atoms with Crippen LogP contribution in [-0.4, -0.2) is 38.3 Å². The van der Waals surface area contributed by atoms with Gasteiger partial charge >= 0.3 is 0 Å². The van der Waals surface area contributed by atoms with E-state index in [1.807, 2.05) is 49.4 Å². The first-order valence-electron chi connectivity index (χ1n) is 9.93. The fraction of sp³-hybridized carbons (Fsp3) is 0.304. The molecule has 0 fully saturated rings. The Hall–Kier alpha value is -2.75. The Morgan fingerprint density at radius 3 is 2.58 bits per heavy atom. The normalized spacial score (nSPS) is 10.9. The first-order chi connectivity index (χ1) is 14.6. The highest BCUT2D eigenvalue weighted by atomic mass is 127. The van der Waals surface area contributed by atoms with Crippen LogP contribution in [0.15, 0.2) is 58.1 Å². The molecule has 0 amide bonds. The lowest BCUT2D eigenvalue weighted by Gasteiger charge is -2.14. The van der Waals surface area contributed by atoms with Crippen LogP contribution in [-0.2, 0) is 6.42 Å². The fourth-order valence-electron chi connectivity index (χ4n) is 2.90. The van der Waals surface area contributed by atoms with Crippen molar-refractivity contribution in [1.82, 2.24) is 10.3 Å². The first-order valence-corrected chi connectivity index (χ1v) is 9.93. The number of aryl methyl sites for hydroxylation is 1. The molecule has 7 nitrogen and oxygen atoms in total. The highest BCUT2D eigenvalue weighted by molar-refractivity contribution is 14.0. The van der Waals surface area contributed by atoms with Gasteiger partial charge in [-0.2, -0.15) is 0 Å². The number of rotatable bonds is 8. The Bertz CT molecular complexity index is 987. The van der Waals surface area contributed by atoms with E-state index in [2.05, 4.69) is 27.5 Å². The van der Waals surface area contributed by atoms with Crippen molar-refractivity contribution in [3.05, 3.63) is 60.0 Å². The van der Waals surface area contributed by atoms with Gasteiger partial charge in [0, 0.05) is 37.3 Å². The van der Waals surface area contributed by atoms with Gasteiger partial charge in [0.05, 0.1) is 19.4 Å². The maximum absolute atomic E-state index is 5.62. The molecule has 0 aliphatic heterocycles. The summed E-state index contributed by atoms with van der Waals surface area (Å²) in [5.41, 5.74) is 3.92. The number of hydrogen-bond donors (Lipinski definition) is 2. The van der Waals surface area contributed by atoms with E-state index < -0.39 is 0 Å². The second-order valence-corrected chi connectivity index (χ2v) is 6.68. The molecule has 0 unspecified atom stereocenters. The summed E-state index contributed by atoms with van der Waals surface area (Å²) >= 11 is 0. The van der Waals surface area contributed by atoms with Crippen LogP contribution in [0, 0.1) is 6.92 Å². The van der Waals surface area contributed by atoms with E-state index in [4.69, 9.17) is 13.9 Å². The molecule has 2 aromatic carbocycles. The molecule has 1 aromatic heterocycles. The summed E-state index contributed by atoms with van der Waals surface area (Å²) in [4.78, 5) is 8.84. The number of nitrogens with one attached hydrogen (secondary N) is 2. The number of guanidine groups is 1. The number of aromatic nitrogens is 1. The van der Waals surface area contributed by atoms with Crippen LogP contribution >= 0.6 is 24.0 Å². The third-order valence-electron chi connectivity index (χ3n) is 4.47. The van der Waals surface area contributed by atoms with Crippen LogP contribution in [0.3, 0.4) is 0 Å². The van der Waals surface area contributed by atoms with E-state index >= 15 is 0 Å². The van der Waals surface area contributed by atoms with Gasteiger partial charge in [0.1, 0.15) is 6.26 Å². The van der Waals surface area contributed by atoms with Gasteiger partial charge in [-0.1, -0.05) is 17.7 Å². The van der Waals surface area contributed by atoms with E-state index in [-0.39, 0.29) is 24.0 Å². The topological polar surface area (TPSA) is 80.9 Å². The zero-order valence-corrected chi connectivity index (χ0v) is 20.6. The van der Waals surface area contributed by atoms with Crippen molar-refractivity contribution in [2.24, 2.45) is 4.99 Å².